The molecule has 0 heterocycles. The van der Waals surface area contributed by atoms with Crippen LogP contribution in [0.25, 0.3) is 0 Å². The van der Waals surface area contributed by atoms with Gasteiger partial charge in [-0.25, -0.2) is 4.79 Å². The van der Waals surface area contributed by atoms with Gasteiger partial charge in [-0.2, -0.15) is 13.2 Å². The fraction of sp³-hybridized carbons (Fsp3) is 0.300. The van der Waals surface area contributed by atoms with Crippen molar-refractivity contribution in [3.05, 3.63) is 34.9 Å². The van der Waals surface area contributed by atoms with E-state index >= 15 is 0 Å². The number of carbonyl (C=O) groups is 1. The molecule has 0 amide bonds. The zero-order chi connectivity index (χ0) is 11.6. The first-order valence-corrected chi connectivity index (χ1v) is 4.29. The third-order valence-corrected chi connectivity index (χ3v) is 1.98. The minimum Gasteiger partial charge on any atom is -0.478 e. The van der Waals surface area contributed by atoms with Gasteiger partial charge < -0.3 is 5.11 Å². The Labute approximate surface area is 84.3 Å². The summed E-state index contributed by atoms with van der Waals surface area (Å²) in [6.45, 7) is 1.67. The highest BCUT2D eigenvalue weighted by Gasteiger charge is 2.31. The largest absolute Gasteiger partial charge is 0.478 e. The molecule has 0 aliphatic rings. The summed E-state index contributed by atoms with van der Waals surface area (Å²) >= 11 is 0. The van der Waals surface area contributed by atoms with E-state index in [-0.39, 0.29) is 5.56 Å². The number of hydrogen-bond donors (Lipinski definition) is 1. The number of halogens is 3. The molecule has 0 aliphatic heterocycles. The maximum Gasteiger partial charge on any atom is 0.416 e. The van der Waals surface area contributed by atoms with Gasteiger partial charge in [0.05, 0.1) is 11.1 Å². The average molecular weight is 218 g/mol. The molecule has 82 valence electrons. The Hall–Kier alpha value is -1.52. The molecule has 0 aliphatic carbocycles. The molecular weight excluding hydrogens is 209 g/mol. The van der Waals surface area contributed by atoms with Gasteiger partial charge in [0.1, 0.15) is 0 Å². The van der Waals surface area contributed by atoms with E-state index in [0.29, 0.717) is 18.1 Å². The highest BCUT2D eigenvalue weighted by atomic mass is 19.4. The molecule has 1 rings (SSSR count). The van der Waals surface area contributed by atoms with Gasteiger partial charge in [-0.3, -0.25) is 0 Å². The van der Waals surface area contributed by atoms with Crippen LogP contribution in [0, 0.1) is 0 Å². The van der Waals surface area contributed by atoms with Crippen LogP contribution >= 0.6 is 0 Å². The first kappa shape index (κ1) is 11.6. The van der Waals surface area contributed by atoms with E-state index < -0.39 is 17.7 Å². The Morgan fingerprint density at radius 3 is 2.33 bits per heavy atom. The van der Waals surface area contributed by atoms with Gasteiger partial charge in [0.25, 0.3) is 0 Å². The molecule has 0 fully saturated rings. The minimum absolute atomic E-state index is 0.332. The number of aromatic carboxylic acids is 1. The Kier molecular flexibility index (Phi) is 3.02. The van der Waals surface area contributed by atoms with Crippen LogP contribution in [0.3, 0.4) is 0 Å². The van der Waals surface area contributed by atoms with Crippen molar-refractivity contribution in [3.8, 4) is 0 Å². The first-order chi connectivity index (χ1) is 6.84. The van der Waals surface area contributed by atoms with Crippen molar-refractivity contribution in [1.29, 1.82) is 0 Å². The summed E-state index contributed by atoms with van der Waals surface area (Å²) in [6, 6.07) is 2.85. The first-order valence-electron chi connectivity index (χ1n) is 4.29. The molecule has 1 aromatic carbocycles. The molecule has 0 spiro atoms. The van der Waals surface area contributed by atoms with E-state index in [0.717, 1.165) is 6.07 Å². The summed E-state index contributed by atoms with van der Waals surface area (Å²) in [4.78, 5) is 10.6. The molecule has 0 radical (unpaired) electrons. The second-order valence-electron chi connectivity index (χ2n) is 3.08. The highest BCUT2D eigenvalue weighted by molar-refractivity contribution is 5.88. The van der Waals surface area contributed by atoms with E-state index in [9.17, 15) is 18.0 Å². The standard InChI is InChI=1S/C10H9F3O2/c1-2-6-3-7(9(14)15)5-8(4-6)10(11,12)13/h3-5H,2H2,1H3,(H,14,15). The summed E-state index contributed by atoms with van der Waals surface area (Å²) in [5, 5.41) is 8.63. The highest BCUT2D eigenvalue weighted by Crippen LogP contribution is 2.30. The van der Waals surface area contributed by atoms with E-state index in [4.69, 9.17) is 5.11 Å². The molecule has 0 saturated heterocycles. The third-order valence-electron chi connectivity index (χ3n) is 1.98. The van der Waals surface area contributed by atoms with Gasteiger partial charge in [0, 0.05) is 0 Å². The van der Waals surface area contributed by atoms with Gasteiger partial charge in [0.2, 0.25) is 0 Å². The van der Waals surface area contributed by atoms with Crippen LogP contribution < -0.4 is 0 Å². The molecule has 2 nitrogen and oxygen atoms in total. The van der Waals surface area contributed by atoms with Crippen LogP contribution in [0.1, 0.15) is 28.4 Å². The SMILES string of the molecule is CCc1cc(C(=O)O)cc(C(F)(F)F)c1. The number of carboxylic acid groups (broad SMARTS) is 1. The molecule has 0 bridgehead atoms. The van der Waals surface area contributed by atoms with Crippen LogP contribution in [0.5, 0.6) is 0 Å². The average Bonchev–Trinajstić information content (AvgIpc) is 2.15. The Bertz CT molecular complexity index is 383. The predicted octanol–water partition coefficient (Wildman–Crippen LogP) is 2.97. The lowest BCUT2D eigenvalue weighted by atomic mass is 10.0. The van der Waals surface area contributed by atoms with Crippen LogP contribution in [0.4, 0.5) is 13.2 Å². The molecule has 0 saturated carbocycles. The van der Waals surface area contributed by atoms with Gasteiger partial charge >= 0.3 is 12.1 Å². The summed E-state index contributed by atoms with van der Waals surface area (Å²) < 4.78 is 37.1. The number of carboxylic acids is 1. The fourth-order valence-electron chi connectivity index (χ4n) is 1.18. The quantitative estimate of drug-likeness (QED) is 0.828. The number of aryl methyl sites for hydroxylation is 1. The lowest BCUT2D eigenvalue weighted by Crippen LogP contribution is -2.08. The molecule has 0 atom stereocenters. The van der Waals surface area contributed by atoms with E-state index in [1.165, 1.54) is 6.07 Å². The molecule has 15 heavy (non-hydrogen) atoms. The monoisotopic (exact) mass is 218 g/mol. The Morgan fingerprint density at radius 1 is 1.33 bits per heavy atom. The van der Waals surface area contributed by atoms with Crippen molar-refractivity contribution < 1.29 is 23.1 Å². The minimum atomic E-state index is -4.50. The van der Waals surface area contributed by atoms with E-state index in [1.807, 2.05) is 0 Å². The van der Waals surface area contributed by atoms with Crippen molar-refractivity contribution in [2.75, 3.05) is 0 Å². The van der Waals surface area contributed by atoms with Crippen molar-refractivity contribution in [2.24, 2.45) is 0 Å². The van der Waals surface area contributed by atoms with E-state index in [2.05, 4.69) is 0 Å². The number of hydrogen-bond acceptors (Lipinski definition) is 1. The lowest BCUT2D eigenvalue weighted by molar-refractivity contribution is -0.137. The topological polar surface area (TPSA) is 37.3 Å². The molecule has 0 aromatic heterocycles. The molecule has 5 heteroatoms. The van der Waals surface area contributed by atoms with E-state index in [1.54, 1.807) is 6.92 Å². The zero-order valence-electron chi connectivity index (χ0n) is 7.93. The van der Waals surface area contributed by atoms with Gasteiger partial charge in [-0.05, 0) is 30.2 Å². The molecule has 1 aromatic rings. The summed E-state index contributed by atoms with van der Waals surface area (Å²) in [7, 11) is 0. The summed E-state index contributed by atoms with van der Waals surface area (Å²) in [6.07, 6.45) is -4.14. The van der Waals surface area contributed by atoms with Gasteiger partial charge in [-0.15, -0.1) is 0 Å². The fourth-order valence-corrected chi connectivity index (χ4v) is 1.18. The van der Waals surface area contributed by atoms with Crippen LogP contribution in [0.15, 0.2) is 18.2 Å². The second-order valence-corrected chi connectivity index (χ2v) is 3.08. The maximum atomic E-state index is 12.4. The number of rotatable bonds is 2. The molecule has 1 N–H and O–H groups in total. The smallest absolute Gasteiger partial charge is 0.416 e. The number of benzene rings is 1. The van der Waals surface area contributed by atoms with Crippen LogP contribution in [-0.4, -0.2) is 11.1 Å². The van der Waals surface area contributed by atoms with Crippen LogP contribution in [0.2, 0.25) is 0 Å². The van der Waals surface area contributed by atoms with Gasteiger partial charge in [-0.1, -0.05) is 6.92 Å². The summed E-state index contributed by atoms with van der Waals surface area (Å²) in [5.74, 6) is -1.35. The van der Waals surface area contributed by atoms with Gasteiger partial charge in [0.15, 0.2) is 0 Å². The van der Waals surface area contributed by atoms with Crippen LogP contribution in [-0.2, 0) is 12.6 Å². The number of alkyl halides is 3. The molecular formula is C10H9F3O2. The zero-order valence-corrected chi connectivity index (χ0v) is 7.93. The summed E-state index contributed by atoms with van der Waals surface area (Å²) in [5.41, 5.74) is -0.886. The maximum absolute atomic E-state index is 12.4. The second kappa shape index (κ2) is 3.92. The van der Waals surface area contributed by atoms with Crippen molar-refractivity contribution in [1.82, 2.24) is 0 Å². The Morgan fingerprint density at radius 2 is 1.93 bits per heavy atom. The van der Waals surface area contributed by atoms with Crippen molar-refractivity contribution >= 4 is 5.97 Å². The van der Waals surface area contributed by atoms with Crippen molar-refractivity contribution in [2.45, 2.75) is 19.5 Å². The third kappa shape index (κ3) is 2.71. The molecule has 0 unspecified atom stereocenters. The lowest BCUT2D eigenvalue weighted by Gasteiger charge is -2.09. The normalized spacial score (nSPS) is 11.5. The Balaban J connectivity index is 3.30. The predicted molar refractivity (Wildman–Crippen MR) is 47.8 cm³/mol. The van der Waals surface area contributed by atoms with Crippen molar-refractivity contribution in [3.63, 3.8) is 0 Å².